The summed E-state index contributed by atoms with van der Waals surface area (Å²) in [5, 5.41) is 12.9. The third-order valence-corrected chi connectivity index (χ3v) is 14.7. The van der Waals surface area contributed by atoms with E-state index in [0.717, 1.165) is 5.69 Å². The van der Waals surface area contributed by atoms with Gasteiger partial charge in [0.1, 0.15) is 0 Å². The lowest BCUT2D eigenvalue weighted by Crippen LogP contribution is -1.97. The van der Waals surface area contributed by atoms with E-state index in [1.807, 2.05) is 22.7 Å². The van der Waals surface area contributed by atoms with Crippen LogP contribution in [-0.4, -0.2) is 4.57 Å². The molecular formula is C56H33NS2. The Kier molecular flexibility index (Phi) is 7.12. The molecule has 0 bridgehead atoms. The molecule has 0 aliphatic carbocycles. The van der Waals surface area contributed by atoms with Crippen LogP contribution in [0.5, 0.6) is 0 Å². The lowest BCUT2D eigenvalue weighted by Gasteiger charge is -2.16. The highest BCUT2D eigenvalue weighted by atomic mass is 32.1. The largest absolute Gasteiger partial charge is 0.308 e. The van der Waals surface area contributed by atoms with Crippen molar-refractivity contribution in [2.45, 2.75) is 0 Å². The minimum absolute atomic E-state index is 1.14. The minimum atomic E-state index is 1.14. The van der Waals surface area contributed by atoms with Crippen LogP contribution in [0.2, 0.25) is 0 Å². The quantitative estimate of drug-likeness (QED) is 0.157. The summed E-state index contributed by atoms with van der Waals surface area (Å²) in [5.41, 5.74) is 11.0. The molecule has 13 aromatic rings. The van der Waals surface area contributed by atoms with Crippen LogP contribution >= 0.6 is 22.7 Å². The molecule has 1 nitrogen and oxygen atoms in total. The summed E-state index contributed by atoms with van der Waals surface area (Å²) in [5.74, 6) is 0. The first-order chi connectivity index (χ1) is 29.2. The minimum Gasteiger partial charge on any atom is -0.308 e. The highest BCUT2D eigenvalue weighted by Crippen LogP contribution is 2.45. The Hall–Kier alpha value is -7.04. The molecular weight excluding hydrogens is 751 g/mol. The zero-order chi connectivity index (χ0) is 38.6. The fourth-order valence-corrected chi connectivity index (χ4v) is 11.9. The van der Waals surface area contributed by atoms with Crippen LogP contribution in [0, 0.1) is 0 Å². The number of rotatable bonds is 4. The average Bonchev–Trinajstić information content (AvgIpc) is 3.98. The number of benzene rings is 10. The number of hydrogen-bond acceptors (Lipinski definition) is 2. The van der Waals surface area contributed by atoms with Crippen molar-refractivity contribution in [2.75, 3.05) is 0 Å². The van der Waals surface area contributed by atoms with Crippen molar-refractivity contribution in [2.24, 2.45) is 0 Å². The lowest BCUT2D eigenvalue weighted by molar-refractivity contribution is 1.18. The Labute approximate surface area is 348 Å². The third kappa shape index (κ3) is 4.96. The van der Waals surface area contributed by atoms with E-state index in [2.05, 4.69) is 205 Å². The molecule has 0 unspecified atom stereocenters. The van der Waals surface area contributed by atoms with Gasteiger partial charge in [-0.05, 0) is 98.4 Å². The fourth-order valence-electron chi connectivity index (χ4n) is 9.71. The van der Waals surface area contributed by atoms with E-state index in [-0.39, 0.29) is 0 Å². The second-order valence-corrected chi connectivity index (χ2v) is 17.8. The third-order valence-electron chi connectivity index (χ3n) is 12.4. The monoisotopic (exact) mass is 783 g/mol. The van der Waals surface area contributed by atoms with Gasteiger partial charge in [0.25, 0.3) is 0 Å². The lowest BCUT2D eigenvalue weighted by atomic mass is 9.93. The van der Waals surface area contributed by atoms with Gasteiger partial charge in [0.15, 0.2) is 0 Å². The molecule has 0 fully saturated rings. The zero-order valence-corrected chi connectivity index (χ0v) is 33.4. The summed E-state index contributed by atoms with van der Waals surface area (Å²) in [4.78, 5) is 0. The Morgan fingerprint density at radius 1 is 0.271 bits per heavy atom. The van der Waals surface area contributed by atoms with Crippen molar-refractivity contribution in [3.05, 3.63) is 200 Å². The predicted molar refractivity (Wildman–Crippen MR) is 258 cm³/mol. The molecule has 0 saturated heterocycles. The van der Waals surface area contributed by atoms with Crippen LogP contribution in [-0.2, 0) is 0 Å². The van der Waals surface area contributed by atoms with Gasteiger partial charge in [-0.15, -0.1) is 22.7 Å². The van der Waals surface area contributed by atoms with Crippen molar-refractivity contribution in [3.63, 3.8) is 0 Å². The van der Waals surface area contributed by atoms with Crippen LogP contribution < -0.4 is 0 Å². The molecule has 3 heteroatoms. The highest BCUT2D eigenvalue weighted by molar-refractivity contribution is 7.26. The van der Waals surface area contributed by atoms with Crippen LogP contribution in [0.4, 0.5) is 0 Å². The van der Waals surface area contributed by atoms with E-state index >= 15 is 0 Å². The van der Waals surface area contributed by atoms with E-state index in [9.17, 15) is 0 Å². The molecule has 0 amide bonds. The summed E-state index contributed by atoms with van der Waals surface area (Å²) in [6.07, 6.45) is 0. The molecule has 13 rings (SSSR count). The van der Waals surface area contributed by atoms with Crippen molar-refractivity contribution >= 4 is 106 Å². The Morgan fingerprint density at radius 2 is 0.729 bits per heavy atom. The zero-order valence-electron chi connectivity index (χ0n) is 31.8. The van der Waals surface area contributed by atoms with E-state index in [1.165, 1.54) is 117 Å². The standard InChI is InChI=1S/C56H33NS2/c1-2-12-39-35(11-1)31-48(43-14-4-3-13-42(39)43)34-23-27-38(28-24-34)57-55-40(36-25-29-53-49(32-36)44-15-5-7-21-51(44)58-53)17-9-19-46(55)47-20-10-18-41(56(47)57)37-26-30-54-50(33-37)45-16-6-8-22-52(45)59-54/h1-33H. The van der Waals surface area contributed by atoms with Gasteiger partial charge in [-0.3, -0.25) is 0 Å². The molecule has 0 aliphatic heterocycles. The first kappa shape index (κ1) is 33.0. The summed E-state index contributed by atoms with van der Waals surface area (Å²) >= 11 is 3.74. The normalized spacial score (nSPS) is 12.1. The van der Waals surface area contributed by atoms with Gasteiger partial charge in [0.2, 0.25) is 0 Å². The first-order valence-corrected chi connectivity index (χ1v) is 21.8. The van der Waals surface area contributed by atoms with Gasteiger partial charge < -0.3 is 4.57 Å². The maximum atomic E-state index is 2.55. The highest BCUT2D eigenvalue weighted by Gasteiger charge is 2.21. The van der Waals surface area contributed by atoms with Crippen molar-refractivity contribution in [3.8, 4) is 39.1 Å². The molecule has 0 spiro atoms. The molecule has 0 aliphatic rings. The van der Waals surface area contributed by atoms with Crippen molar-refractivity contribution < 1.29 is 0 Å². The molecule has 0 saturated carbocycles. The number of hydrogen-bond donors (Lipinski definition) is 0. The molecule has 3 heterocycles. The molecule has 59 heavy (non-hydrogen) atoms. The van der Waals surface area contributed by atoms with Crippen molar-refractivity contribution in [1.82, 2.24) is 4.57 Å². The van der Waals surface area contributed by atoms with Gasteiger partial charge in [-0.2, -0.15) is 0 Å². The summed E-state index contributed by atoms with van der Waals surface area (Å²) < 4.78 is 7.83. The molecule has 274 valence electrons. The molecule has 0 radical (unpaired) electrons. The average molecular weight is 784 g/mol. The van der Waals surface area contributed by atoms with E-state index in [4.69, 9.17) is 0 Å². The molecule has 3 aromatic heterocycles. The molecule has 0 N–H and O–H groups in total. The van der Waals surface area contributed by atoms with Crippen molar-refractivity contribution in [1.29, 1.82) is 0 Å². The first-order valence-electron chi connectivity index (χ1n) is 20.2. The van der Waals surface area contributed by atoms with E-state index in [1.54, 1.807) is 0 Å². The Bertz CT molecular complexity index is 3670. The SMILES string of the molecule is c1ccc2c(c1)cc(-c1ccc(-n3c4c(-c5ccc6sc7ccccc7c6c5)cccc4c4cccc(-c5ccc6sc7ccccc7c6c5)c43)cc1)c1ccccc12. The van der Waals surface area contributed by atoms with E-state index < -0.39 is 0 Å². The summed E-state index contributed by atoms with van der Waals surface area (Å²) in [6.45, 7) is 0. The second kappa shape index (κ2) is 12.7. The number of para-hydroxylation sites is 2. The topological polar surface area (TPSA) is 4.93 Å². The van der Waals surface area contributed by atoms with Gasteiger partial charge >= 0.3 is 0 Å². The van der Waals surface area contributed by atoms with Gasteiger partial charge in [-0.25, -0.2) is 0 Å². The Morgan fingerprint density at radius 3 is 1.32 bits per heavy atom. The number of fused-ring (bicyclic) bond motifs is 12. The smallest absolute Gasteiger partial charge is 0.0619 e. The fraction of sp³-hybridized carbons (Fsp3) is 0. The summed E-state index contributed by atoms with van der Waals surface area (Å²) in [6, 6.07) is 74.6. The molecule has 0 atom stereocenters. The van der Waals surface area contributed by atoms with Crippen LogP contribution in [0.3, 0.4) is 0 Å². The predicted octanol–water partition coefficient (Wildman–Crippen LogP) is 16.8. The van der Waals surface area contributed by atoms with Crippen LogP contribution in [0.25, 0.3) is 123 Å². The maximum absolute atomic E-state index is 2.55. The van der Waals surface area contributed by atoms with Crippen LogP contribution in [0.15, 0.2) is 200 Å². The number of nitrogens with zero attached hydrogens (tertiary/aromatic N) is 1. The van der Waals surface area contributed by atoms with Crippen LogP contribution in [0.1, 0.15) is 0 Å². The van der Waals surface area contributed by atoms with Gasteiger partial charge in [-0.1, -0.05) is 146 Å². The number of thiophene rings is 2. The van der Waals surface area contributed by atoms with Gasteiger partial charge in [0, 0.05) is 67.9 Å². The summed E-state index contributed by atoms with van der Waals surface area (Å²) in [7, 11) is 0. The Balaban J connectivity index is 1.08. The second-order valence-electron chi connectivity index (χ2n) is 15.6. The van der Waals surface area contributed by atoms with Gasteiger partial charge in [0.05, 0.1) is 11.0 Å². The maximum Gasteiger partial charge on any atom is 0.0619 e. The molecule has 10 aromatic carbocycles. The number of aromatic nitrogens is 1. The van der Waals surface area contributed by atoms with E-state index in [0.29, 0.717) is 0 Å².